The number of hydrogen-bond donors (Lipinski definition) is 0. The summed E-state index contributed by atoms with van der Waals surface area (Å²) in [6, 6.07) is 10.1. The molecule has 0 radical (unpaired) electrons. The number of ether oxygens (including phenoxy) is 1. The summed E-state index contributed by atoms with van der Waals surface area (Å²) in [7, 11) is 0. The summed E-state index contributed by atoms with van der Waals surface area (Å²) in [5, 5.41) is 4.56. The highest BCUT2D eigenvalue weighted by molar-refractivity contribution is 5.89. The van der Waals surface area contributed by atoms with Crippen molar-refractivity contribution < 1.29 is 14.3 Å². The van der Waals surface area contributed by atoms with E-state index >= 15 is 0 Å². The first-order chi connectivity index (χ1) is 14.0. The topological polar surface area (TPSA) is 64.4 Å². The third-order valence-electron chi connectivity index (χ3n) is 5.49. The lowest BCUT2D eigenvalue weighted by Gasteiger charge is -2.35. The van der Waals surface area contributed by atoms with E-state index in [1.807, 2.05) is 53.8 Å². The van der Waals surface area contributed by atoms with E-state index in [0.29, 0.717) is 0 Å². The number of esters is 1. The van der Waals surface area contributed by atoms with Crippen LogP contribution in [-0.2, 0) is 14.3 Å². The first-order valence-corrected chi connectivity index (χ1v) is 10.3. The lowest BCUT2D eigenvalue weighted by molar-refractivity contribution is -0.150. The molecule has 1 aliphatic heterocycles. The van der Waals surface area contributed by atoms with Gasteiger partial charge in [0.05, 0.1) is 11.4 Å². The summed E-state index contributed by atoms with van der Waals surface area (Å²) in [6.45, 7) is 6.50. The molecule has 0 N–H and O–H groups in total. The van der Waals surface area contributed by atoms with Gasteiger partial charge in [0, 0.05) is 29.9 Å². The SMILES string of the molecule is CC[C@H]1CCCCN1C(=O)COC(=O)/C=C/c1c(C)nn(-c2ccccc2)c1C. The zero-order chi connectivity index (χ0) is 20.8. The largest absolute Gasteiger partial charge is 0.452 e. The van der Waals surface area contributed by atoms with Crippen molar-refractivity contribution in [3.05, 3.63) is 53.4 Å². The van der Waals surface area contributed by atoms with Crippen molar-refractivity contribution in [3.8, 4) is 5.69 Å². The summed E-state index contributed by atoms with van der Waals surface area (Å²) in [5.74, 6) is -0.628. The Morgan fingerprint density at radius 3 is 2.69 bits per heavy atom. The minimum atomic E-state index is -0.519. The molecule has 6 nitrogen and oxygen atoms in total. The molecule has 0 spiro atoms. The Labute approximate surface area is 172 Å². The number of hydrogen-bond acceptors (Lipinski definition) is 4. The molecule has 0 aliphatic carbocycles. The molecular formula is C23H29N3O3. The first-order valence-electron chi connectivity index (χ1n) is 10.3. The van der Waals surface area contributed by atoms with Crippen molar-refractivity contribution in [1.82, 2.24) is 14.7 Å². The number of likely N-dealkylation sites (tertiary alicyclic amines) is 1. The molecule has 3 rings (SSSR count). The highest BCUT2D eigenvalue weighted by atomic mass is 16.5. The lowest BCUT2D eigenvalue weighted by atomic mass is 10.00. The van der Waals surface area contributed by atoms with Gasteiger partial charge in [-0.3, -0.25) is 4.79 Å². The van der Waals surface area contributed by atoms with E-state index in [1.165, 1.54) is 6.08 Å². The third kappa shape index (κ3) is 4.94. The van der Waals surface area contributed by atoms with Gasteiger partial charge in [-0.25, -0.2) is 9.48 Å². The minimum Gasteiger partial charge on any atom is -0.452 e. The van der Waals surface area contributed by atoms with Crippen LogP contribution in [0.4, 0.5) is 0 Å². The van der Waals surface area contributed by atoms with Crippen molar-refractivity contribution in [2.45, 2.75) is 52.5 Å². The molecule has 1 saturated heterocycles. The van der Waals surface area contributed by atoms with Crippen LogP contribution in [-0.4, -0.2) is 45.8 Å². The van der Waals surface area contributed by atoms with Crippen LogP contribution >= 0.6 is 0 Å². The Kier molecular flexibility index (Phi) is 6.86. The van der Waals surface area contributed by atoms with E-state index in [9.17, 15) is 9.59 Å². The van der Waals surface area contributed by atoms with Crippen LogP contribution in [0.15, 0.2) is 36.4 Å². The van der Waals surface area contributed by atoms with Gasteiger partial charge in [-0.05, 0) is 57.7 Å². The van der Waals surface area contributed by atoms with E-state index < -0.39 is 5.97 Å². The van der Waals surface area contributed by atoms with Crippen LogP contribution in [0.5, 0.6) is 0 Å². The molecular weight excluding hydrogens is 366 g/mol. The van der Waals surface area contributed by atoms with Crippen molar-refractivity contribution in [1.29, 1.82) is 0 Å². The molecule has 1 aromatic heterocycles. The molecule has 0 saturated carbocycles. The monoisotopic (exact) mass is 395 g/mol. The van der Waals surface area contributed by atoms with Gasteiger partial charge in [-0.1, -0.05) is 25.1 Å². The zero-order valence-electron chi connectivity index (χ0n) is 17.4. The van der Waals surface area contributed by atoms with E-state index in [4.69, 9.17) is 4.74 Å². The van der Waals surface area contributed by atoms with Gasteiger partial charge < -0.3 is 9.64 Å². The smallest absolute Gasteiger partial charge is 0.331 e. The molecule has 29 heavy (non-hydrogen) atoms. The highest BCUT2D eigenvalue weighted by Crippen LogP contribution is 2.20. The maximum atomic E-state index is 12.4. The average Bonchev–Trinajstić information content (AvgIpc) is 3.04. The number of carbonyl (C=O) groups is 2. The normalized spacial score (nSPS) is 16.9. The molecule has 1 amide bonds. The molecule has 1 fully saturated rings. The van der Waals surface area contributed by atoms with E-state index in [2.05, 4.69) is 12.0 Å². The number of piperidine rings is 1. The van der Waals surface area contributed by atoms with Crippen LogP contribution in [0.25, 0.3) is 11.8 Å². The predicted molar refractivity (Wildman–Crippen MR) is 113 cm³/mol. The summed E-state index contributed by atoms with van der Waals surface area (Å²) < 4.78 is 7.05. The average molecular weight is 396 g/mol. The molecule has 1 aliphatic rings. The van der Waals surface area contributed by atoms with Gasteiger partial charge in [-0.2, -0.15) is 5.10 Å². The molecule has 2 heterocycles. The van der Waals surface area contributed by atoms with Crippen LogP contribution in [0.3, 0.4) is 0 Å². The second-order valence-corrected chi connectivity index (χ2v) is 7.42. The van der Waals surface area contributed by atoms with Crippen molar-refractivity contribution in [2.75, 3.05) is 13.2 Å². The summed E-state index contributed by atoms with van der Waals surface area (Å²) in [5.41, 5.74) is 3.60. The number of aromatic nitrogens is 2. The number of benzene rings is 1. The number of para-hydroxylation sites is 1. The molecule has 2 aromatic rings. The lowest BCUT2D eigenvalue weighted by Crippen LogP contribution is -2.45. The van der Waals surface area contributed by atoms with Crippen LogP contribution < -0.4 is 0 Å². The Hall–Kier alpha value is -2.89. The fourth-order valence-electron chi connectivity index (χ4n) is 3.89. The van der Waals surface area contributed by atoms with Crippen molar-refractivity contribution >= 4 is 18.0 Å². The Morgan fingerprint density at radius 2 is 1.97 bits per heavy atom. The fraction of sp³-hybridized carbons (Fsp3) is 0.435. The second-order valence-electron chi connectivity index (χ2n) is 7.42. The quantitative estimate of drug-likeness (QED) is 0.551. The Bertz CT molecular complexity index is 886. The summed E-state index contributed by atoms with van der Waals surface area (Å²) in [4.78, 5) is 26.4. The Morgan fingerprint density at radius 1 is 1.21 bits per heavy atom. The molecule has 6 heteroatoms. The number of nitrogens with zero attached hydrogens (tertiary/aromatic N) is 3. The minimum absolute atomic E-state index is 0.109. The summed E-state index contributed by atoms with van der Waals surface area (Å²) in [6.07, 6.45) is 7.20. The number of carbonyl (C=O) groups excluding carboxylic acids is 2. The van der Waals surface area contributed by atoms with E-state index in [1.54, 1.807) is 6.08 Å². The zero-order valence-corrected chi connectivity index (χ0v) is 17.4. The molecule has 1 aromatic carbocycles. The predicted octanol–water partition coefficient (Wildman–Crippen LogP) is 3.84. The van der Waals surface area contributed by atoms with Gasteiger partial charge in [0.15, 0.2) is 6.61 Å². The van der Waals surface area contributed by atoms with Gasteiger partial charge in [0.1, 0.15) is 0 Å². The molecule has 0 unspecified atom stereocenters. The van der Waals surface area contributed by atoms with E-state index in [-0.39, 0.29) is 18.6 Å². The van der Waals surface area contributed by atoms with E-state index in [0.717, 1.165) is 54.9 Å². The van der Waals surface area contributed by atoms with Crippen LogP contribution in [0.2, 0.25) is 0 Å². The van der Waals surface area contributed by atoms with Crippen LogP contribution in [0, 0.1) is 13.8 Å². The van der Waals surface area contributed by atoms with Gasteiger partial charge >= 0.3 is 5.97 Å². The maximum Gasteiger partial charge on any atom is 0.331 e. The summed E-state index contributed by atoms with van der Waals surface area (Å²) >= 11 is 0. The number of aryl methyl sites for hydroxylation is 1. The van der Waals surface area contributed by atoms with Crippen LogP contribution in [0.1, 0.15) is 49.6 Å². The maximum absolute atomic E-state index is 12.4. The van der Waals surface area contributed by atoms with Gasteiger partial charge in [0.25, 0.3) is 5.91 Å². The number of rotatable bonds is 6. The second kappa shape index (κ2) is 9.54. The fourth-order valence-corrected chi connectivity index (χ4v) is 3.89. The molecule has 0 bridgehead atoms. The van der Waals surface area contributed by atoms with Crippen molar-refractivity contribution in [2.24, 2.45) is 0 Å². The molecule has 154 valence electrons. The van der Waals surface area contributed by atoms with Crippen molar-refractivity contribution in [3.63, 3.8) is 0 Å². The number of amides is 1. The Balaban J connectivity index is 1.61. The standard InChI is InChI=1S/C23H29N3O3/c1-4-19-10-8-9-15-25(19)22(27)16-29-23(28)14-13-21-17(2)24-26(18(21)3)20-11-6-5-7-12-20/h5-7,11-14,19H,4,8-10,15-16H2,1-3H3/b14-13+/t19-/m0/s1. The van der Waals surface area contributed by atoms with Gasteiger partial charge in [-0.15, -0.1) is 0 Å². The first kappa shape index (κ1) is 20.8. The highest BCUT2D eigenvalue weighted by Gasteiger charge is 2.25. The third-order valence-corrected chi connectivity index (χ3v) is 5.49. The molecule has 1 atom stereocenters. The van der Waals surface area contributed by atoms with Gasteiger partial charge in [0.2, 0.25) is 0 Å².